The molecule has 0 radical (unpaired) electrons. The summed E-state index contributed by atoms with van der Waals surface area (Å²) in [5, 5.41) is 10.7. The second kappa shape index (κ2) is 11.3. The van der Waals surface area contributed by atoms with Crippen LogP contribution in [0.3, 0.4) is 0 Å². The molecule has 0 unspecified atom stereocenters. The molecule has 0 aliphatic carbocycles. The number of aliphatic hydroxyl groups excluding tert-OH is 1. The Kier molecular flexibility index (Phi) is 9.32. The minimum absolute atomic E-state index is 0.0927. The second-order valence-electron chi connectivity index (χ2n) is 11.9. The van der Waals surface area contributed by atoms with Crippen molar-refractivity contribution in [1.82, 2.24) is 0 Å². The van der Waals surface area contributed by atoms with E-state index in [0.29, 0.717) is 18.9 Å². The van der Waals surface area contributed by atoms with Crippen LogP contribution in [0.2, 0.25) is 25.7 Å². The molecular weight excluding hydrogens is 452 g/mol. The summed E-state index contributed by atoms with van der Waals surface area (Å²) < 4.78 is 36.9. The average molecular weight is 501 g/mol. The predicted molar refractivity (Wildman–Crippen MR) is 134 cm³/mol. The summed E-state index contributed by atoms with van der Waals surface area (Å²) in [6.07, 6.45) is 4.73. The fourth-order valence-corrected chi connectivity index (χ4v) is 6.58. The molecule has 0 bridgehead atoms. The lowest BCUT2D eigenvalue weighted by molar-refractivity contribution is -0.340. The van der Waals surface area contributed by atoms with Crippen LogP contribution in [-0.4, -0.2) is 76.1 Å². The van der Waals surface area contributed by atoms with Gasteiger partial charge in [0.25, 0.3) is 0 Å². The fourth-order valence-electron chi connectivity index (χ4n) is 5.82. The van der Waals surface area contributed by atoms with Crippen molar-refractivity contribution in [3.05, 3.63) is 12.3 Å². The number of hydrogen-bond acceptors (Lipinski definition) is 7. The van der Waals surface area contributed by atoms with Gasteiger partial charge < -0.3 is 33.5 Å². The Hall–Kier alpha value is -0.483. The lowest BCUT2D eigenvalue weighted by Gasteiger charge is -2.48. The van der Waals surface area contributed by atoms with Crippen LogP contribution in [-0.2, 0) is 28.4 Å². The highest BCUT2D eigenvalue weighted by Crippen LogP contribution is 2.47. The first-order chi connectivity index (χ1) is 16.0. The van der Waals surface area contributed by atoms with E-state index in [1.54, 1.807) is 19.4 Å². The van der Waals surface area contributed by atoms with Crippen LogP contribution in [0.25, 0.3) is 0 Å². The van der Waals surface area contributed by atoms with E-state index >= 15 is 0 Å². The maximum Gasteiger partial charge on any atom is 0.194 e. The van der Waals surface area contributed by atoms with Gasteiger partial charge in [-0.25, -0.2) is 0 Å². The quantitative estimate of drug-likeness (QED) is 0.253. The Morgan fingerprint density at radius 2 is 1.82 bits per heavy atom. The van der Waals surface area contributed by atoms with Crippen LogP contribution < -0.4 is 0 Å². The van der Waals surface area contributed by atoms with E-state index in [4.69, 9.17) is 28.4 Å². The van der Waals surface area contributed by atoms with Crippen LogP contribution in [0.1, 0.15) is 47.0 Å². The molecular formula is C26H48O7Si. The Morgan fingerprint density at radius 1 is 1.09 bits per heavy atom. The van der Waals surface area contributed by atoms with Crippen molar-refractivity contribution in [2.24, 2.45) is 17.8 Å². The lowest BCUT2D eigenvalue weighted by Crippen LogP contribution is -2.57. The van der Waals surface area contributed by atoms with Crippen LogP contribution in [0, 0.1) is 17.8 Å². The molecule has 0 aromatic heterocycles. The van der Waals surface area contributed by atoms with Crippen molar-refractivity contribution in [3.63, 3.8) is 0 Å². The summed E-state index contributed by atoms with van der Waals surface area (Å²) in [6, 6.07) is 1.11. The third-order valence-electron chi connectivity index (χ3n) is 8.08. The SMILES string of the molecule is CC[C@]1([C@@H]2O[C@@H]([C@H]3O[C@](COCOCC[Si](C)(C)C)(OC)[C@H](C)C[C@@H]3C)C[C@@H]2C)OC=C[C@H]1O. The van der Waals surface area contributed by atoms with Gasteiger partial charge in [-0.05, 0) is 43.2 Å². The molecule has 0 spiro atoms. The van der Waals surface area contributed by atoms with E-state index in [2.05, 4.69) is 40.4 Å². The van der Waals surface area contributed by atoms with Crippen molar-refractivity contribution in [1.29, 1.82) is 0 Å². The molecule has 0 aromatic carbocycles. The highest BCUT2D eigenvalue weighted by molar-refractivity contribution is 6.76. The van der Waals surface area contributed by atoms with Crippen molar-refractivity contribution < 1.29 is 33.5 Å². The number of ether oxygens (including phenoxy) is 6. The molecule has 3 heterocycles. The maximum atomic E-state index is 10.7. The summed E-state index contributed by atoms with van der Waals surface area (Å²) in [7, 11) is 0.574. The number of rotatable bonds is 11. The molecule has 198 valence electrons. The van der Waals surface area contributed by atoms with E-state index in [9.17, 15) is 5.11 Å². The summed E-state index contributed by atoms with van der Waals surface area (Å²) >= 11 is 0. The maximum absolute atomic E-state index is 10.7. The van der Waals surface area contributed by atoms with Crippen molar-refractivity contribution in [2.45, 2.75) is 108 Å². The van der Waals surface area contributed by atoms with Gasteiger partial charge in [-0.15, -0.1) is 0 Å². The Bertz CT molecular complexity index is 683. The molecule has 3 rings (SSSR count). The zero-order valence-corrected chi connectivity index (χ0v) is 23.5. The van der Waals surface area contributed by atoms with Gasteiger partial charge in [-0.3, -0.25) is 0 Å². The van der Waals surface area contributed by atoms with E-state index in [1.165, 1.54) is 0 Å². The van der Waals surface area contributed by atoms with Crippen molar-refractivity contribution >= 4 is 8.07 Å². The van der Waals surface area contributed by atoms with E-state index in [-0.39, 0.29) is 36.9 Å². The molecule has 2 saturated heterocycles. The first-order valence-corrected chi connectivity index (χ1v) is 16.7. The summed E-state index contributed by atoms with van der Waals surface area (Å²) in [6.45, 7) is 16.9. The third-order valence-corrected chi connectivity index (χ3v) is 9.78. The van der Waals surface area contributed by atoms with Crippen LogP contribution in [0.15, 0.2) is 12.3 Å². The van der Waals surface area contributed by atoms with Gasteiger partial charge in [0, 0.05) is 27.7 Å². The number of hydrogen-bond donors (Lipinski definition) is 1. The van der Waals surface area contributed by atoms with Crippen LogP contribution in [0.4, 0.5) is 0 Å². The van der Waals surface area contributed by atoms with Gasteiger partial charge in [-0.2, -0.15) is 0 Å². The highest BCUT2D eigenvalue weighted by atomic mass is 28.3. The molecule has 0 saturated carbocycles. The average Bonchev–Trinajstić information content (AvgIpc) is 3.34. The minimum atomic E-state index is -1.12. The summed E-state index contributed by atoms with van der Waals surface area (Å²) in [5.41, 5.74) is -0.728. The Morgan fingerprint density at radius 3 is 2.41 bits per heavy atom. The van der Waals surface area contributed by atoms with Gasteiger partial charge in [0.2, 0.25) is 0 Å². The van der Waals surface area contributed by atoms with Crippen LogP contribution in [0.5, 0.6) is 0 Å². The van der Waals surface area contributed by atoms with Gasteiger partial charge >= 0.3 is 0 Å². The molecule has 2 fully saturated rings. The lowest BCUT2D eigenvalue weighted by atomic mass is 9.79. The zero-order chi connectivity index (χ0) is 25.1. The minimum Gasteiger partial charge on any atom is -0.489 e. The molecule has 0 amide bonds. The van der Waals surface area contributed by atoms with Gasteiger partial charge in [0.1, 0.15) is 25.6 Å². The molecule has 3 aliphatic heterocycles. The summed E-state index contributed by atoms with van der Waals surface area (Å²) in [4.78, 5) is 0. The molecule has 7 nitrogen and oxygen atoms in total. The zero-order valence-electron chi connectivity index (χ0n) is 22.5. The Balaban J connectivity index is 1.62. The Labute approximate surface area is 207 Å². The van der Waals surface area contributed by atoms with E-state index < -0.39 is 25.6 Å². The van der Waals surface area contributed by atoms with E-state index in [0.717, 1.165) is 25.5 Å². The monoisotopic (exact) mass is 500 g/mol. The summed E-state index contributed by atoms with van der Waals surface area (Å²) in [5.74, 6) is -0.112. The highest BCUT2D eigenvalue weighted by Gasteiger charge is 2.57. The van der Waals surface area contributed by atoms with Gasteiger partial charge in [0.05, 0.1) is 18.5 Å². The first kappa shape index (κ1) is 28.1. The third kappa shape index (κ3) is 5.90. The second-order valence-corrected chi connectivity index (χ2v) is 17.5. The fraction of sp³-hybridized carbons (Fsp3) is 0.923. The largest absolute Gasteiger partial charge is 0.489 e. The van der Waals surface area contributed by atoms with Crippen molar-refractivity contribution in [2.75, 3.05) is 27.1 Å². The topological polar surface area (TPSA) is 75.6 Å². The number of methoxy groups -OCH3 is 1. The molecule has 3 aliphatic rings. The van der Waals surface area contributed by atoms with E-state index in [1.807, 2.05) is 6.92 Å². The molecule has 9 atom stereocenters. The predicted octanol–water partition coefficient (Wildman–Crippen LogP) is 4.57. The molecule has 8 heteroatoms. The van der Waals surface area contributed by atoms with Gasteiger partial charge in [-0.1, -0.05) is 47.3 Å². The van der Waals surface area contributed by atoms with Crippen molar-refractivity contribution in [3.8, 4) is 0 Å². The number of aliphatic hydroxyl groups is 1. The molecule has 0 aromatic rings. The normalized spacial score (nSPS) is 42.8. The first-order valence-electron chi connectivity index (χ1n) is 13.0. The molecule has 34 heavy (non-hydrogen) atoms. The standard InChI is InChI=1S/C26H48O7Si/c1-9-25(22(27)10-11-31-25)24-19(3)15-21(32-24)23-18(2)14-20(4)26(28-5,33-23)16-30-17-29-12-13-34(6,7)8/h10-11,18-24,27H,9,12-17H2,1-8H3/t18-,19-,20+,21+,22+,23-,24+,25-,26-/m0/s1. The smallest absolute Gasteiger partial charge is 0.194 e. The van der Waals surface area contributed by atoms with Gasteiger partial charge in [0.15, 0.2) is 11.4 Å². The van der Waals surface area contributed by atoms with Crippen LogP contribution >= 0.6 is 0 Å². The molecule has 1 N–H and O–H groups in total.